The van der Waals surface area contributed by atoms with Gasteiger partial charge in [-0.25, -0.2) is 12.7 Å². The Morgan fingerprint density at radius 2 is 1.76 bits per heavy atom. The number of sulfonamides is 1. The normalized spacial score (nSPS) is 16.0. The van der Waals surface area contributed by atoms with Crippen molar-refractivity contribution in [1.29, 1.82) is 0 Å². The van der Waals surface area contributed by atoms with Crippen LogP contribution < -0.4 is 5.32 Å². The van der Waals surface area contributed by atoms with Crippen LogP contribution in [0.3, 0.4) is 0 Å². The molecule has 2 heterocycles. The number of carbonyl (C=O) groups excluding carboxylic acids is 1. The first-order valence-electron chi connectivity index (χ1n) is 11.3. The maximum Gasteiger partial charge on any atom is 0.289 e. The molecular weight excluding hydrogens is 446 g/mol. The molecule has 33 heavy (non-hydrogen) atoms. The van der Waals surface area contributed by atoms with Crippen LogP contribution in [0.1, 0.15) is 75.6 Å². The summed E-state index contributed by atoms with van der Waals surface area (Å²) in [4.78, 5) is 12.9. The van der Waals surface area contributed by atoms with Crippen LogP contribution in [-0.4, -0.2) is 68.5 Å². The van der Waals surface area contributed by atoms with Crippen molar-refractivity contribution in [3.05, 3.63) is 23.5 Å². The predicted octanol–water partition coefficient (Wildman–Crippen LogP) is 2.60. The van der Waals surface area contributed by atoms with Crippen molar-refractivity contribution in [2.24, 2.45) is 0 Å². The third kappa shape index (κ3) is 5.14. The Balaban J connectivity index is 2.08. The van der Waals surface area contributed by atoms with Crippen LogP contribution in [0.4, 0.5) is 0 Å². The molecule has 10 nitrogen and oxygen atoms in total. The van der Waals surface area contributed by atoms with Gasteiger partial charge in [0.25, 0.3) is 5.91 Å². The maximum atomic E-state index is 12.9. The fraction of sp³-hybridized carbons (Fsp3) is 0.591. The van der Waals surface area contributed by atoms with Crippen molar-refractivity contribution in [3.63, 3.8) is 0 Å². The third-order valence-corrected chi connectivity index (χ3v) is 7.75. The molecule has 0 radical (unpaired) electrons. The lowest BCUT2D eigenvalue weighted by Gasteiger charge is -2.32. The van der Waals surface area contributed by atoms with E-state index in [2.05, 4.69) is 15.5 Å². The fourth-order valence-corrected chi connectivity index (χ4v) is 5.23. The Labute approximate surface area is 194 Å². The highest BCUT2D eigenvalue weighted by Crippen LogP contribution is 2.39. The van der Waals surface area contributed by atoms with Gasteiger partial charge in [-0.2, -0.15) is 0 Å². The minimum absolute atomic E-state index is 0.00748. The number of nitrogens with zero attached hydrogens (tertiary/aromatic N) is 4. The molecule has 1 fully saturated rings. The SMILES string of the molecule is CCS(=O)(=O)N1CCC(n2c(C(=O)NC(C)C)nnc2-c2cc(C(C)C)c(O)cc2O)CC1. The first kappa shape index (κ1) is 25.0. The smallest absolute Gasteiger partial charge is 0.289 e. The van der Waals surface area contributed by atoms with Crippen molar-refractivity contribution >= 4 is 15.9 Å². The molecule has 1 amide bonds. The molecule has 11 heteroatoms. The number of aromatic hydroxyl groups is 2. The average Bonchev–Trinajstić information content (AvgIpc) is 3.18. The van der Waals surface area contributed by atoms with E-state index in [-0.39, 0.29) is 41.1 Å². The number of piperidine rings is 1. The van der Waals surface area contributed by atoms with Gasteiger partial charge in [0.15, 0.2) is 5.82 Å². The molecule has 0 atom stereocenters. The minimum Gasteiger partial charge on any atom is -0.508 e. The maximum absolute atomic E-state index is 12.9. The number of aromatic nitrogens is 3. The molecule has 3 N–H and O–H groups in total. The summed E-state index contributed by atoms with van der Waals surface area (Å²) in [5, 5.41) is 32.1. The van der Waals surface area contributed by atoms with Crippen molar-refractivity contribution in [2.45, 2.75) is 65.5 Å². The Bertz CT molecular complexity index is 1120. The lowest BCUT2D eigenvalue weighted by molar-refractivity contribution is 0.0923. The van der Waals surface area contributed by atoms with E-state index in [4.69, 9.17) is 0 Å². The van der Waals surface area contributed by atoms with E-state index in [0.29, 0.717) is 42.9 Å². The number of amides is 1. The number of hydrogen-bond donors (Lipinski definition) is 3. The van der Waals surface area contributed by atoms with E-state index < -0.39 is 15.9 Å². The summed E-state index contributed by atoms with van der Waals surface area (Å²) in [7, 11) is -3.30. The van der Waals surface area contributed by atoms with Crippen molar-refractivity contribution in [3.8, 4) is 22.9 Å². The average molecular weight is 480 g/mol. The van der Waals surface area contributed by atoms with Crippen LogP contribution in [0.25, 0.3) is 11.4 Å². The van der Waals surface area contributed by atoms with Crippen LogP contribution >= 0.6 is 0 Å². The van der Waals surface area contributed by atoms with E-state index in [1.54, 1.807) is 17.6 Å². The lowest BCUT2D eigenvalue weighted by Crippen LogP contribution is -2.41. The van der Waals surface area contributed by atoms with Crippen LogP contribution in [-0.2, 0) is 10.0 Å². The Morgan fingerprint density at radius 3 is 2.30 bits per heavy atom. The van der Waals surface area contributed by atoms with Crippen molar-refractivity contribution in [1.82, 2.24) is 24.4 Å². The fourth-order valence-electron chi connectivity index (χ4n) is 4.10. The quantitative estimate of drug-likeness (QED) is 0.555. The van der Waals surface area contributed by atoms with Gasteiger partial charge in [-0.05, 0) is 51.2 Å². The summed E-state index contributed by atoms with van der Waals surface area (Å²) in [6, 6.07) is 2.59. The van der Waals surface area contributed by atoms with Gasteiger partial charge in [-0.3, -0.25) is 9.36 Å². The number of phenolic OH excluding ortho intramolecular Hbond substituents is 2. The van der Waals surface area contributed by atoms with Gasteiger partial charge >= 0.3 is 0 Å². The second kappa shape index (κ2) is 9.68. The van der Waals surface area contributed by atoms with E-state index in [1.165, 1.54) is 10.4 Å². The number of nitrogens with one attached hydrogen (secondary N) is 1. The lowest BCUT2D eigenvalue weighted by atomic mass is 9.98. The highest BCUT2D eigenvalue weighted by atomic mass is 32.2. The first-order valence-corrected chi connectivity index (χ1v) is 12.9. The third-order valence-electron chi connectivity index (χ3n) is 5.87. The van der Waals surface area contributed by atoms with Crippen LogP contribution in [0.2, 0.25) is 0 Å². The Hall–Kier alpha value is -2.66. The summed E-state index contributed by atoms with van der Waals surface area (Å²) >= 11 is 0. The Morgan fingerprint density at radius 1 is 1.12 bits per heavy atom. The van der Waals surface area contributed by atoms with Gasteiger partial charge in [0, 0.05) is 31.2 Å². The van der Waals surface area contributed by atoms with Gasteiger partial charge in [0.2, 0.25) is 15.8 Å². The zero-order valence-electron chi connectivity index (χ0n) is 19.7. The molecule has 0 saturated carbocycles. The molecule has 1 saturated heterocycles. The van der Waals surface area contributed by atoms with Gasteiger partial charge in [0.05, 0.1) is 11.3 Å². The van der Waals surface area contributed by atoms with Gasteiger partial charge in [0.1, 0.15) is 11.5 Å². The number of rotatable bonds is 7. The van der Waals surface area contributed by atoms with E-state index in [1.807, 2.05) is 27.7 Å². The number of hydrogen-bond acceptors (Lipinski definition) is 7. The van der Waals surface area contributed by atoms with Crippen LogP contribution in [0, 0.1) is 0 Å². The number of phenols is 2. The second-order valence-corrected chi connectivity index (χ2v) is 11.2. The molecule has 1 aliphatic rings. The predicted molar refractivity (Wildman–Crippen MR) is 125 cm³/mol. The minimum atomic E-state index is -3.30. The highest BCUT2D eigenvalue weighted by molar-refractivity contribution is 7.89. The van der Waals surface area contributed by atoms with E-state index >= 15 is 0 Å². The molecule has 3 rings (SSSR count). The van der Waals surface area contributed by atoms with Crippen LogP contribution in [0.5, 0.6) is 11.5 Å². The molecule has 0 bridgehead atoms. The van der Waals surface area contributed by atoms with Gasteiger partial charge in [-0.15, -0.1) is 10.2 Å². The van der Waals surface area contributed by atoms with Crippen molar-refractivity contribution < 1.29 is 23.4 Å². The topological polar surface area (TPSA) is 138 Å². The zero-order valence-corrected chi connectivity index (χ0v) is 20.6. The molecule has 1 aromatic heterocycles. The van der Waals surface area contributed by atoms with Gasteiger partial charge in [-0.1, -0.05) is 13.8 Å². The van der Waals surface area contributed by atoms with E-state index in [9.17, 15) is 23.4 Å². The number of carbonyl (C=O) groups is 1. The molecular formula is C22H33N5O5S. The standard InChI is InChI=1S/C22H33N5O5S/c1-6-33(31,32)26-9-7-15(8-10-26)27-20(24-25-21(27)22(30)23-14(4)5)17-11-16(13(2)3)18(28)12-19(17)29/h11-15,28-29H,6-10H2,1-5H3,(H,23,30). The summed E-state index contributed by atoms with van der Waals surface area (Å²) in [6.45, 7) is 9.79. The molecule has 0 spiro atoms. The highest BCUT2D eigenvalue weighted by Gasteiger charge is 2.33. The van der Waals surface area contributed by atoms with Gasteiger partial charge < -0.3 is 15.5 Å². The second-order valence-electron chi connectivity index (χ2n) is 8.96. The van der Waals surface area contributed by atoms with E-state index in [0.717, 1.165) is 0 Å². The molecule has 1 aliphatic heterocycles. The molecule has 0 aliphatic carbocycles. The molecule has 2 aromatic rings. The summed E-state index contributed by atoms with van der Waals surface area (Å²) in [6.07, 6.45) is 0.949. The summed E-state index contributed by atoms with van der Waals surface area (Å²) in [5.74, 6) is -0.145. The molecule has 1 aromatic carbocycles. The molecule has 0 unspecified atom stereocenters. The summed E-state index contributed by atoms with van der Waals surface area (Å²) in [5.41, 5.74) is 0.991. The largest absolute Gasteiger partial charge is 0.508 e. The monoisotopic (exact) mass is 479 g/mol. The number of benzene rings is 1. The molecule has 182 valence electrons. The Kier molecular flexibility index (Phi) is 7.32. The zero-order chi connectivity index (χ0) is 24.5. The van der Waals surface area contributed by atoms with Crippen LogP contribution in [0.15, 0.2) is 12.1 Å². The summed E-state index contributed by atoms with van der Waals surface area (Å²) < 4.78 is 27.7. The first-order chi connectivity index (χ1) is 15.5. The van der Waals surface area contributed by atoms with Crippen molar-refractivity contribution in [2.75, 3.05) is 18.8 Å².